The van der Waals surface area contributed by atoms with Crippen LogP contribution in [-0.2, 0) is 9.59 Å². The van der Waals surface area contributed by atoms with E-state index in [9.17, 15) is 9.59 Å². The van der Waals surface area contributed by atoms with Crippen molar-refractivity contribution in [2.24, 2.45) is 5.92 Å². The number of carboxylic acids is 1. The van der Waals surface area contributed by atoms with Gasteiger partial charge in [0, 0.05) is 19.5 Å². The van der Waals surface area contributed by atoms with Crippen LogP contribution in [0.15, 0.2) is 0 Å². The van der Waals surface area contributed by atoms with Crippen molar-refractivity contribution in [2.45, 2.75) is 32.1 Å². The lowest BCUT2D eigenvalue weighted by Crippen LogP contribution is -2.44. The second kappa shape index (κ2) is 8.54. The van der Waals surface area contributed by atoms with Gasteiger partial charge in [0.15, 0.2) is 0 Å². The Labute approximate surface area is 114 Å². The molecule has 19 heavy (non-hydrogen) atoms. The highest BCUT2D eigenvalue weighted by molar-refractivity contribution is 5.78. The van der Waals surface area contributed by atoms with Crippen molar-refractivity contribution < 1.29 is 14.7 Å². The van der Waals surface area contributed by atoms with E-state index in [0.29, 0.717) is 32.5 Å². The molecule has 0 saturated carbocycles. The molecule has 0 aromatic heterocycles. The number of carbonyl (C=O) groups excluding carboxylic acids is 1. The Kier molecular flexibility index (Phi) is 6.98. The predicted octanol–water partition coefficient (Wildman–Crippen LogP) is 0.703. The van der Waals surface area contributed by atoms with Gasteiger partial charge in [0.2, 0.25) is 5.91 Å². The number of aliphatic carboxylic acids is 1. The summed E-state index contributed by atoms with van der Waals surface area (Å²) in [5.41, 5.74) is 0. The normalized spacial score (nSPS) is 16.1. The molecule has 0 atom stereocenters. The van der Waals surface area contributed by atoms with Gasteiger partial charge in [0.1, 0.15) is 0 Å². The van der Waals surface area contributed by atoms with E-state index in [4.69, 9.17) is 11.5 Å². The first kappa shape index (κ1) is 15.5. The summed E-state index contributed by atoms with van der Waals surface area (Å²) in [4.78, 5) is 24.4. The average molecular weight is 266 g/mol. The number of nitrogens with zero attached hydrogens (tertiary/aromatic N) is 1. The molecule has 1 aliphatic rings. The summed E-state index contributed by atoms with van der Waals surface area (Å²) in [6, 6.07) is 0. The van der Waals surface area contributed by atoms with E-state index in [1.807, 2.05) is 0 Å². The van der Waals surface area contributed by atoms with Crippen LogP contribution in [0.2, 0.25) is 0 Å². The molecule has 5 heteroatoms. The van der Waals surface area contributed by atoms with Gasteiger partial charge in [-0.1, -0.05) is 0 Å². The van der Waals surface area contributed by atoms with Gasteiger partial charge in [-0.15, -0.1) is 12.3 Å². The molecule has 1 aliphatic heterocycles. The summed E-state index contributed by atoms with van der Waals surface area (Å²) in [6.45, 7) is 2.22. The second-order valence-electron chi connectivity index (χ2n) is 4.83. The molecule has 1 heterocycles. The Morgan fingerprint density at radius 3 is 2.58 bits per heavy atom. The van der Waals surface area contributed by atoms with Crippen molar-refractivity contribution in [1.82, 2.24) is 10.2 Å². The molecule has 5 nitrogen and oxygen atoms in total. The highest BCUT2D eigenvalue weighted by atomic mass is 16.4. The predicted molar refractivity (Wildman–Crippen MR) is 72.5 cm³/mol. The van der Waals surface area contributed by atoms with Gasteiger partial charge in [-0.05, 0) is 32.2 Å². The lowest BCUT2D eigenvalue weighted by atomic mass is 9.97. The van der Waals surface area contributed by atoms with Gasteiger partial charge in [0.05, 0.1) is 12.5 Å². The van der Waals surface area contributed by atoms with Crippen molar-refractivity contribution in [3.8, 4) is 12.3 Å². The van der Waals surface area contributed by atoms with Gasteiger partial charge >= 0.3 is 5.97 Å². The summed E-state index contributed by atoms with van der Waals surface area (Å²) in [5, 5.41) is 12.0. The number of piperidine rings is 1. The Balaban J connectivity index is 2.11. The molecule has 0 bridgehead atoms. The number of nitrogens with one attached hydrogen (secondary N) is 1. The highest BCUT2D eigenvalue weighted by Gasteiger charge is 2.26. The van der Waals surface area contributed by atoms with Gasteiger partial charge in [-0.25, -0.2) is 0 Å². The number of amides is 1. The Morgan fingerprint density at radius 2 is 2.00 bits per heavy atom. The first-order chi connectivity index (χ1) is 9.15. The zero-order valence-corrected chi connectivity index (χ0v) is 11.2. The van der Waals surface area contributed by atoms with Gasteiger partial charge in [0.25, 0.3) is 0 Å². The van der Waals surface area contributed by atoms with E-state index >= 15 is 0 Å². The third kappa shape index (κ3) is 5.75. The zero-order chi connectivity index (χ0) is 14.1. The Hall–Kier alpha value is -1.54. The van der Waals surface area contributed by atoms with Crippen molar-refractivity contribution >= 4 is 11.9 Å². The number of hydrogen-bond acceptors (Lipinski definition) is 3. The number of likely N-dealkylation sites (tertiary alicyclic amines) is 1. The van der Waals surface area contributed by atoms with Crippen LogP contribution in [-0.4, -0.2) is 48.1 Å². The van der Waals surface area contributed by atoms with E-state index in [-0.39, 0.29) is 11.8 Å². The summed E-state index contributed by atoms with van der Waals surface area (Å²) in [5.74, 6) is 1.60. The van der Waals surface area contributed by atoms with E-state index < -0.39 is 5.97 Å². The smallest absolute Gasteiger partial charge is 0.306 e. The van der Waals surface area contributed by atoms with Crippen molar-refractivity contribution in [3.05, 3.63) is 0 Å². The molecule has 0 aromatic carbocycles. The van der Waals surface area contributed by atoms with E-state index in [1.165, 1.54) is 0 Å². The lowest BCUT2D eigenvalue weighted by Gasteiger charge is -2.30. The quantitative estimate of drug-likeness (QED) is 0.526. The number of terminal acetylenes is 1. The molecule has 0 radical (unpaired) electrons. The molecule has 0 spiro atoms. The molecule has 1 saturated heterocycles. The first-order valence-electron chi connectivity index (χ1n) is 6.80. The molecule has 0 aromatic rings. The molecule has 1 amide bonds. The first-order valence-corrected chi connectivity index (χ1v) is 6.80. The Bertz CT molecular complexity index is 341. The van der Waals surface area contributed by atoms with E-state index in [0.717, 1.165) is 25.8 Å². The fraction of sp³-hybridized carbons (Fsp3) is 0.714. The van der Waals surface area contributed by atoms with Crippen molar-refractivity contribution in [1.29, 1.82) is 0 Å². The van der Waals surface area contributed by atoms with Gasteiger partial charge in [-0.3, -0.25) is 9.59 Å². The van der Waals surface area contributed by atoms with Crippen LogP contribution in [0.5, 0.6) is 0 Å². The molecule has 2 N–H and O–H groups in total. The number of carbonyl (C=O) groups is 2. The van der Waals surface area contributed by atoms with Crippen LogP contribution in [0.1, 0.15) is 32.1 Å². The molecule has 106 valence electrons. The van der Waals surface area contributed by atoms with Gasteiger partial charge in [-0.2, -0.15) is 0 Å². The van der Waals surface area contributed by atoms with E-state index in [1.54, 1.807) is 4.90 Å². The summed E-state index contributed by atoms with van der Waals surface area (Å²) >= 11 is 0. The maximum atomic E-state index is 11.8. The zero-order valence-electron chi connectivity index (χ0n) is 11.2. The van der Waals surface area contributed by atoms with Crippen molar-refractivity contribution in [3.63, 3.8) is 0 Å². The second-order valence-corrected chi connectivity index (χ2v) is 4.83. The molecule has 1 rings (SSSR count). The SMILES string of the molecule is C#CCCCCNCC(=O)N1CCC(C(=O)O)CC1. The lowest BCUT2D eigenvalue weighted by molar-refractivity contribution is -0.145. The monoisotopic (exact) mass is 266 g/mol. The minimum absolute atomic E-state index is 0.0563. The van der Waals surface area contributed by atoms with E-state index in [2.05, 4.69) is 11.2 Å². The van der Waals surface area contributed by atoms with Gasteiger partial charge < -0.3 is 15.3 Å². The number of rotatable bonds is 7. The summed E-state index contributed by atoms with van der Waals surface area (Å²) in [6.07, 6.45) is 8.99. The van der Waals surface area contributed by atoms with Crippen LogP contribution in [0, 0.1) is 18.3 Å². The van der Waals surface area contributed by atoms with Crippen LogP contribution < -0.4 is 5.32 Å². The standard InChI is InChI=1S/C14H22N2O3/c1-2-3-4-5-8-15-11-13(17)16-9-6-12(7-10-16)14(18)19/h1,12,15H,3-11H2,(H,18,19). The van der Waals surface area contributed by atoms with Crippen LogP contribution in [0.4, 0.5) is 0 Å². The molecular weight excluding hydrogens is 244 g/mol. The highest BCUT2D eigenvalue weighted by Crippen LogP contribution is 2.16. The summed E-state index contributed by atoms with van der Waals surface area (Å²) < 4.78 is 0. The fourth-order valence-electron chi connectivity index (χ4n) is 2.16. The fourth-order valence-corrected chi connectivity index (χ4v) is 2.16. The molecular formula is C14H22N2O3. The van der Waals surface area contributed by atoms with Crippen LogP contribution in [0.25, 0.3) is 0 Å². The molecule has 0 aliphatic carbocycles. The summed E-state index contributed by atoms with van der Waals surface area (Å²) in [7, 11) is 0. The van der Waals surface area contributed by atoms with Crippen molar-refractivity contribution in [2.75, 3.05) is 26.2 Å². The maximum absolute atomic E-state index is 11.8. The van der Waals surface area contributed by atoms with Crippen LogP contribution in [0.3, 0.4) is 0 Å². The minimum atomic E-state index is -0.751. The Morgan fingerprint density at radius 1 is 1.32 bits per heavy atom. The minimum Gasteiger partial charge on any atom is -0.481 e. The largest absolute Gasteiger partial charge is 0.481 e. The molecule has 1 fully saturated rings. The number of carboxylic acid groups (broad SMARTS) is 1. The topological polar surface area (TPSA) is 69.6 Å². The average Bonchev–Trinajstić information content (AvgIpc) is 2.42. The number of hydrogen-bond donors (Lipinski definition) is 2. The van der Waals surface area contributed by atoms with Crippen LogP contribution >= 0.6 is 0 Å². The number of unbranched alkanes of at least 4 members (excludes halogenated alkanes) is 2. The third-order valence-electron chi connectivity index (χ3n) is 3.40. The molecule has 0 unspecified atom stereocenters. The maximum Gasteiger partial charge on any atom is 0.306 e. The third-order valence-corrected chi connectivity index (χ3v) is 3.40.